The lowest BCUT2D eigenvalue weighted by molar-refractivity contribution is 0.0700. The van der Waals surface area contributed by atoms with Gasteiger partial charge >= 0.3 is 0 Å². The topological polar surface area (TPSA) is 65.2 Å². The van der Waals surface area contributed by atoms with Gasteiger partial charge in [0.2, 0.25) is 5.56 Å². The Bertz CT molecular complexity index is 772. The number of benzene rings is 1. The highest BCUT2D eigenvalue weighted by atomic mass is 19.1. The number of nitrogens with one attached hydrogen (secondary N) is 2. The first-order valence-corrected chi connectivity index (χ1v) is 7.37. The number of hydrogen-bond donors (Lipinski definition) is 2. The molecule has 0 spiro atoms. The third-order valence-electron chi connectivity index (χ3n) is 4.15. The summed E-state index contributed by atoms with van der Waals surface area (Å²) in [5, 5.41) is 3.75. The molecular formula is C16H18FN3O2. The molecule has 1 aromatic carbocycles. The van der Waals surface area contributed by atoms with Crippen molar-refractivity contribution in [1.29, 1.82) is 0 Å². The number of fused-ring (bicyclic) bond motifs is 1. The maximum Gasteiger partial charge on any atom is 0.254 e. The fraction of sp³-hybridized carbons (Fsp3) is 0.375. The largest absolute Gasteiger partial charge is 0.337 e. The van der Waals surface area contributed by atoms with Crippen LogP contribution in [0, 0.1) is 5.82 Å². The first-order valence-electron chi connectivity index (χ1n) is 7.37. The predicted molar refractivity (Wildman–Crippen MR) is 82.5 cm³/mol. The van der Waals surface area contributed by atoms with Gasteiger partial charge in [0.05, 0.1) is 11.1 Å². The number of carbonyl (C=O) groups is 1. The third kappa shape index (κ3) is 2.74. The molecule has 1 atom stereocenters. The number of pyridine rings is 1. The van der Waals surface area contributed by atoms with Gasteiger partial charge in [-0.25, -0.2) is 4.39 Å². The zero-order valence-electron chi connectivity index (χ0n) is 12.4. The van der Waals surface area contributed by atoms with E-state index in [2.05, 4.69) is 10.3 Å². The molecule has 6 heteroatoms. The Labute approximate surface area is 127 Å². The van der Waals surface area contributed by atoms with Crippen molar-refractivity contribution in [2.45, 2.75) is 18.9 Å². The molecule has 3 rings (SSSR count). The van der Waals surface area contributed by atoms with Gasteiger partial charge in [0.25, 0.3) is 5.91 Å². The Morgan fingerprint density at radius 2 is 2.23 bits per heavy atom. The average Bonchev–Trinajstić information content (AvgIpc) is 2.53. The Kier molecular flexibility index (Phi) is 3.94. The fourth-order valence-electron chi connectivity index (χ4n) is 2.98. The van der Waals surface area contributed by atoms with Crippen LogP contribution in [0.25, 0.3) is 10.9 Å². The monoisotopic (exact) mass is 303 g/mol. The molecule has 116 valence electrons. The summed E-state index contributed by atoms with van der Waals surface area (Å²) in [4.78, 5) is 28.8. The van der Waals surface area contributed by atoms with Gasteiger partial charge in [-0.2, -0.15) is 0 Å². The molecular weight excluding hydrogens is 285 g/mol. The van der Waals surface area contributed by atoms with Gasteiger partial charge in [0, 0.05) is 30.6 Å². The molecule has 0 unspecified atom stereocenters. The van der Waals surface area contributed by atoms with E-state index in [-0.39, 0.29) is 11.9 Å². The number of amides is 1. The molecule has 5 nitrogen and oxygen atoms in total. The van der Waals surface area contributed by atoms with Crippen LogP contribution in [0.4, 0.5) is 4.39 Å². The smallest absolute Gasteiger partial charge is 0.254 e. The first kappa shape index (κ1) is 14.7. The first-order chi connectivity index (χ1) is 10.6. The van der Waals surface area contributed by atoms with Crippen molar-refractivity contribution < 1.29 is 9.18 Å². The minimum Gasteiger partial charge on any atom is -0.337 e. The van der Waals surface area contributed by atoms with Gasteiger partial charge in [-0.3, -0.25) is 9.59 Å². The fourth-order valence-corrected chi connectivity index (χ4v) is 2.98. The second-order valence-corrected chi connectivity index (χ2v) is 5.62. The highest BCUT2D eigenvalue weighted by Gasteiger charge is 2.25. The lowest BCUT2D eigenvalue weighted by Gasteiger charge is -2.32. The molecule has 1 amide bonds. The molecule has 0 aliphatic carbocycles. The van der Waals surface area contributed by atoms with E-state index in [1.807, 2.05) is 7.05 Å². The van der Waals surface area contributed by atoms with Crippen LogP contribution in [0.5, 0.6) is 0 Å². The summed E-state index contributed by atoms with van der Waals surface area (Å²) in [5.74, 6) is -0.622. The summed E-state index contributed by atoms with van der Waals surface area (Å²) < 4.78 is 13.3. The highest BCUT2D eigenvalue weighted by Crippen LogP contribution is 2.20. The Morgan fingerprint density at radius 1 is 1.41 bits per heavy atom. The van der Waals surface area contributed by atoms with Crippen LogP contribution in [-0.2, 0) is 0 Å². The number of likely N-dealkylation sites (tertiary alicyclic amines) is 1. The lowest BCUT2D eigenvalue weighted by atomic mass is 10.0. The van der Waals surface area contributed by atoms with Gasteiger partial charge in [-0.15, -0.1) is 0 Å². The van der Waals surface area contributed by atoms with Crippen molar-refractivity contribution >= 4 is 16.8 Å². The second kappa shape index (κ2) is 5.88. The average molecular weight is 303 g/mol. The molecule has 1 aliphatic rings. The number of aromatic amines is 1. The molecule has 0 radical (unpaired) electrons. The molecule has 1 fully saturated rings. The maximum atomic E-state index is 13.3. The summed E-state index contributed by atoms with van der Waals surface area (Å²) in [6, 6.07) is 5.63. The normalized spacial score (nSPS) is 18.6. The van der Waals surface area contributed by atoms with Crippen molar-refractivity contribution in [1.82, 2.24) is 15.2 Å². The minimum absolute atomic E-state index is 0.178. The Hall–Kier alpha value is -2.21. The summed E-state index contributed by atoms with van der Waals surface area (Å²) in [5.41, 5.74) is 0.275. The number of H-pyrrole nitrogens is 1. The highest BCUT2D eigenvalue weighted by molar-refractivity contribution is 6.06. The number of aromatic nitrogens is 1. The number of nitrogens with zero attached hydrogens (tertiary/aromatic N) is 1. The van der Waals surface area contributed by atoms with Gasteiger partial charge in [0.15, 0.2) is 0 Å². The molecule has 2 N–H and O–H groups in total. The lowest BCUT2D eigenvalue weighted by Crippen LogP contribution is -2.47. The molecule has 1 aliphatic heterocycles. The molecule has 1 aromatic heterocycles. The van der Waals surface area contributed by atoms with Gasteiger partial charge in [-0.1, -0.05) is 0 Å². The van der Waals surface area contributed by atoms with Crippen molar-refractivity contribution in [2.75, 3.05) is 20.1 Å². The molecule has 22 heavy (non-hydrogen) atoms. The standard InChI is InChI=1S/C16H18FN3O2/c1-18-11-3-2-6-20(9-11)16(22)13-8-15(21)19-14-7-10(17)4-5-12(13)14/h4-5,7-8,11,18H,2-3,6,9H2,1H3,(H,19,21)/t11-/m1/s1. The van der Waals surface area contributed by atoms with E-state index < -0.39 is 11.4 Å². The van der Waals surface area contributed by atoms with E-state index in [0.717, 1.165) is 12.8 Å². The Balaban J connectivity index is 2.02. The maximum absolute atomic E-state index is 13.3. The van der Waals surface area contributed by atoms with Crippen LogP contribution in [0.3, 0.4) is 0 Å². The summed E-state index contributed by atoms with van der Waals surface area (Å²) in [6.07, 6.45) is 1.95. The van der Waals surface area contributed by atoms with E-state index in [1.165, 1.54) is 24.3 Å². The number of carbonyl (C=O) groups excluding carboxylic acids is 1. The second-order valence-electron chi connectivity index (χ2n) is 5.62. The van der Waals surface area contributed by atoms with Gasteiger partial charge < -0.3 is 15.2 Å². The van der Waals surface area contributed by atoms with E-state index in [9.17, 15) is 14.0 Å². The molecule has 0 saturated carbocycles. The number of likely N-dealkylation sites (N-methyl/N-ethyl adjacent to an activating group) is 1. The van der Waals surface area contributed by atoms with E-state index in [0.29, 0.717) is 29.6 Å². The van der Waals surface area contributed by atoms with Crippen LogP contribution in [0.15, 0.2) is 29.1 Å². The third-order valence-corrected chi connectivity index (χ3v) is 4.15. The molecule has 2 aromatic rings. The van der Waals surface area contributed by atoms with Crippen LogP contribution >= 0.6 is 0 Å². The number of hydrogen-bond acceptors (Lipinski definition) is 3. The predicted octanol–water partition coefficient (Wildman–Crippen LogP) is 1.49. The van der Waals surface area contributed by atoms with Crippen LogP contribution in [-0.4, -0.2) is 42.0 Å². The van der Waals surface area contributed by atoms with Gasteiger partial charge in [0.1, 0.15) is 5.82 Å². The zero-order valence-corrected chi connectivity index (χ0v) is 12.4. The van der Waals surface area contributed by atoms with Gasteiger partial charge in [-0.05, 0) is 38.1 Å². The van der Waals surface area contributed by atoms with Crippen LogP contribution in [0.1, 0.15) is 23.2 Å². The Morgan fingerprint density at radius 3 is 3.00 bits per heavy atom. The van der Waals surface area contributed by atoms with Crippen LogP contribution < -0.4 is 10.9 Å². The van der Waals surface area contributed by atoms with Crippen molar-refractivity contribution in [3.05, 3.63) is 46.0 Å². The van der Waals surface area contributed by atoms with Crippen molar-refractivity contribution in [3.8, 4) is 0 Å². The quantitative estimate of drug-likeness (QED) is 0.883. The molecule has 1 saturated heterocycles. The zero-order chi connectivity index (χ0) is 15.7. The van der Waals surface area contributed by atoms with E-state index in [1.54, 1.807) is 4.90 Å². The summed E-state index contributed by atoms with van der Waals surface area (Å²) in [7, 11) is 1.88. The molecule has 0 bridgehead atoms. The van der Waals surface area contributed by atoms with E-state index in [4.69, 9.17) is 0 Å². The van der Waals surface area contributed by atoms with Crippen molar-refractivity contribution in [3.63, 3.8) is 0 Å². The number of rotatable bonds is 2. The number of piperidine rings is 1. The summed E-state index contributed by atoms with van der Waals surface area (Å²) in [6.45, 7) is 1.29. The summed E-state index contributed by atoms with van der Waals surface area (Å²) >= 11 is 0. The number of halogens is 1. The SMILES string of the molecule is CN[C@@H]1CCCN(C(=O)c2cc(=O)[nH]c3cc(F)ccc23)C1. The van der Waals surface area contributed by atoms with E-state index >= 15 is 0 Å². The minimum atomic E-state index is -0.444. The van der Waals surface area contributed by atoms with Crippen LogP contribution in [0.2, 0.25) is 0 Å². The molecule has 2 heterocycles. The van der Waals surface area contributed by atoms with Crippen molar-refractivity contribution in [2.24, 2.45) is 0 Å².